The van der Waals surface area contributed by atoms with E-state index in [1.54, 1.807) is 66.7 Å². The van der Waals surface area contributed by atoms with Crippen LogP contribution in [0.2, 0.25) is 5.02 Å². The number of amides is 1. The first kappa shape index (κ1) is 26.6. The van der Waals surface area contributed by atoms with Gasteiger partial charge in [-0.25, -0.2) is 4.39 Å². The van der Waals surface area contributed by atoms with Crippen LogP contribution < -0.4 is 20.9 Å². The van der Waals surface area contributed by atoms with Crippen molar-refractivity contribution in [1.82, 2.24) is 15.1 Å². The van der Waals surface area contributed by atoms with Gasteiger partial charge < -0.3 is 15.4 Å². The molecular weight excluding hydrogens is 531 g/mol. The summed E-state index contributed by atoms with van der Waals surface area (Å²) in [5.41, 5.74) is 2.85. The van der Waals surface area contributed by atoms with Gasteiger partial charge in [0.2, 0.25) is 0 Å². The Kier molecular flexibility index (Phi) is 7.89. The van der Waals surface area contributed by atoms with E-state index in [0.717, 1.165) is 11.1 Å². The van der Waals surface area contributed by atoms with Crippen LogP contribution in [0.15, 0.2) is 108 Å². The van der Waals surface area contributed by atoms with Crippen molar-refractivity contribution in [3.8, 4) is 17.2 Å². The number of nitrogens with one attached hydrogen (secondary N) is 2. The van der Waals surface area contributed by atoms with Gasteiger partial charge in [-0.3, -0.25) is 9.59 Å². The minimum absolute atomic E-state index is 0.143. The molecule has 200 valence electrons. The van der Waals surface area contributed by atoms with Crippen molar-refractivity contribution >= 4 is 28.9 Å². The average Bonchev–Trinajstić information content (AvgIpc) is 2.95. The van der Waals surface area contributed by atoms with Crippen molar-refractivity contribution in [2.75, 3.05) is 5.32 Å². The Balaban J connectivity index is 1.41. The standard InChI is InChI=1S/C31H24ClFN4O3/c1-20-5-4-6-25(17-20)40-28-19-35-37(27-8-3-2-7-26(27)32)31(39)29(28)36-24-15-11-22(12-16-24)30(38)34-18-21-9-13-23(33)14-10-21/h2-17,19,36H,18H2,1H3,(H,34,38). The lowest BCUT2D eigenvalue weighted by atomic mass is 10.1. The predicted molar refractivity (Wildman–Crippen MR) is 153 cm³/mol. The number of nitrogens with zero attached hydrogens (tertiary/aromatic N) is 2. The van der Waals surface area contributed by atoms with Crippen molar-refractivity contribution in [3.05, 3.63) is 141 Å². The molecule has 1 aromatic heterocycles. The monoisotopic (exact) mass is 554 g/mol. The molecular formula is C31H24ClFN4O3. The number of hydrogen-bond acceptors (Lipinski definition) is 5. The first-order valence-electron chi connectivity index (χ1n) is 12.4. The summed E-state index contributed by atoms with van der Waals surface area (Å²) in [7, 11) is 0. The fraction of sp³-hybridized carbons (Fsp3) is 0.0645. The highest BCUT2D eigenvalue weighted by atomic mass is 35.5. The lowest BCUT2D eigenvalue weighted by Crippen LogP contribution is -2.24. The number of para-hydroxylation sites is 1. The maximum atomic E-state index is 13.6. The molecule has 0 aliphatic heterocycles. The zero-order valence-corrected chi connectivity index (χ0v) is 22.2. The van der Waals surface area contributed by atoms with Gasteiger partial charge in [0.25, 0.3) is 11.5 Å². The minimum Gasteiger partial charge on any atom is -0.453 e. The van der Waals surface area contributed by atoms with Crippen LogP contribution in [0.1, 0.15) is 21.5 Å². The second-order valence-electron chi connectivity index (χ2n) is 8.98. The van der Waals surface area contributed by atoms with E-state index in [4.69, 9.17) is 16.3 Å². The zero-order chi connectivity index (χ0) is 28.1. The van der Waals surface area contributed by atoms with Crippen molar-refractivity contribution in [3.63, 3.8) is 0 Å². The van der Waals surface area contributed by atoms with E-state index in [1.807, 2.05) is 25.1 Å². The molecule has 0 atom stereocenters. The number of anilines is 2. The maximum Gasteiger partial charge on any atom is 0.299 e. The summed E-state index contributed by atoms with van der Waals surface area (Å²) in [4.78, 5) is 26.3. The van der Waals surface area contributed by atoms with Gasteiger partial charge in [0.1, 0.15) is 11.6 Å². The molecule has 5 aromatic rings. The van der Waals surface area contributed by atoms with E-state index in [2.05, 4.69) is 15.7 Å². The molecule has 7 nitrogen and oxygen atoms in total. The van der Waals surface area contributed by atoms with Crippen molar-refractivity contribution in [2.24, 2.45) is 0 Å². The highest BCUT2D eigenvalue weighted by molar-refractivity contribution is 6.32. The Hall–Kier alpha value is -4.95. The van der Waals surface area contributed by atoms with E-state index in [-0.39, 0.29) is 29.7 Å². The Morgan fingerprint density at radius 3 is 2.45 bits per heavy atom. The summed E-state index contributed by atoms with van der Waals surface area (Å²) in [5, 5.41) is 10.6. The fourth-order valence-corrected chi connectivity index (χ4v) is 4.18. The highest BCUT2D eigenvalue weighted by Crippen LogP contribution is 2.30. The molecule has 0 fully saturated rings. The highest BCUT2D eigenvalue weighted by Gasteiger charge is 2.17. The SMILES string of the molecule is Cc1cccc(Oc2cnn(-c3ccccc3Cl)c(=O)c2Nc2ccc(C(=O)NCc3ccc(F)cc3)cc2)c1. The van der Waals surface area contributed by atoms with E-state index >= 15 is 0 Å². The molecule has 0 unspecified atom stereocenters. The molecule has 40 heavy (non-hydrogen) atoms. The molecule has 0 saturated heterocycles. The third-order valence-corrected chi connectivity index (χ3v) is 6.34. The zero-order valence-electron chi connectivity index (χ0n) is 21.4. The quantitative estimate of drug-likeness (QED) is 0.220. The number of carbonyl (C=O) groups excluding carboxylic acids is 1. The topological polar surface area (TPSA) is 85.2 Å². The molecule has 0 saturated carbocycles. The number of aryl methyl sites for hydroxylation is 1. The first-order chi connectivity index (χ1) is 19.4. The maximum absolute atomic E-state index is 13.6. The Morgan fingerprint density at radius 2 is 1.73 bits per heavy atom. The number of aromatic nitrogens is 2. The molecule has 4 aromatic carbocycles. The second-order valence-corrected chi connectivity index (χ2v) is 9.39. The molecule has 1 amide bonds. The Bertz CT molecular complexity index is 1720. The molecule has 0 spiro atoms. The second kappa shape index (κ2) is 11.8. The molecule has 1 heterocycles. The van der Waals surface area contributed by atoms with Crippen LogP contribution in [0.3, 0.4) is 0 Å². The summed E-state index contributed by atoms with van der Waals surface area (Å²) >= 11 is 6.34. The van der Waals surface area contributed by atoms with Gasteiger partial charge in [0.15, 0.2) is 11.4 Å². The van der Waals surface area contributed by atoms with Gasteiger partial charge in [-0.1, -0.05) is 48.0 Å². The summed E-state index contributed by atoms with van der Waals surface area (Å²) in [6.07, 6.45) is 1.45. The largest absolute Gasteiger partial charge is 0.453 e. The van der Waals surface area contributed by atoms with E-state index in [9.17, 15) is 14.0 Å². The predicted octanol–water partition coefficient (Wildman–Crippen LogP) is 6.80. The number of rotatable bonds is 8. The number of benzene rings is 4. The third kappa shape index (κ3) is 6.19. The van der Waals surface area contributed by atoms with Gasteiger partial charge in [0, 0.05) is 17.8 Å². The van der Waals surface area contributed by atoms with E-state index in [0.29, 0.717) is 27.7 Å². The Morgan fingerprint density at radius 1 is 0.975 bits per heavy atom. The van der Waals surface area contributed by atoms with Gasteiger partial charge in [0.05, 0.1) is 16.9 Å². The normalized spacial score (nSPS) is 10.7. The minimum atomic E-state index is -0.473. The lowest BCUT2D eigenvalue weighted by molar-refractivity contribution is 0.0951. The van der Waals surface area contributed by atoms with Crippen molar-refractivity contribution < 1.29 is 13.9 Å². The van der Waals surface area contributed by atoms with Crippen LogP contribution in [0.4, 0.5) is 15.8 Å². The summed E-state index contributed by atoms with van der Waals surface area (Å²) in [5.74, 6) is 0.149. The van der Waals surface area contributed by atoms with Crippen LogP contribution in [0.5, 0.6) is 11.5 Å². The van der Waals surface area contributed by atoms with Gasteiger partial charge in [-0.05, 0) is 78.7 Å². The summed E-state index contributed by atoms with van der Waals surface area (Å²) < 4.78 is 20.4. The number of hydrogen-bond donors (Lipinski definition) is 2. The third-order valence-electron chi connectivity index (χ3n) is 6.02. The average molecular weight is 555 g/mol. The molecule has 9 heteroatoms. The van der Waals surface area contributed by atoms with Crippen molar-refractivity contribution in [1.29, 1.82) is 0 Å². The van der Waals surface area contributed by atoms with E-state index in [1.165, 1.54) is 23.0 Å². The molecule has 2 N–H and O–H groups in total. The van der Waals surface area contributed by atoms with Gasteiger partial charge in [-0.15, -0.1) is 0 Å². The number of ether oxygens (including phenoxy) is 1. The summed E-state index contributed by atoms with van der Waals surface area (Å²) in [6.45, 7) is 2.20. The van der Waals surface area contributed by atoms with Gasteiger partial charge in [-0.2, -0.15) is 9.78 Å². The fourth-order valence-electron chi connectivity index (χ4n) is 3.97. The van der Waals surface area contributed by atoms with Crippen LogP contribution in [0.25, 0.3) is 5.69 Å². The molecule has 0 bridgehead atoms. The van der Waals surface area contributed by atoms with Crippen LogP contribution >= 0.6 is 11.6 Å². The molecule has 0 aliphatic rings. The van der Waals surface area contributed by atoms with Crippen LogP contribution in [-0.4, -0.2) is 15.7 Å². The number of halogens is 2. The smallest absolute Gasteiger partial charge is 0.299 e. The molecule has 5 rings (SSSR count). The van der Waals surface area contributed by atoms with Crippen LogP contribution in [-0.2, 0) is 6.54 Å². The van der Waals surface area contributed by atoms with Crippen molar-refractivity contribution in [2.45, 2.75) is 13.5 Å². The molecule has 0 radical (unpaired) electrons. The Labute approximate surface area is 234 Å². The molecule has 0 aliphatic carbocycles. The summed E-state index contributed by atoms with van der Waals surface area (Å²) in [6, 6.07) is 26.9. The first-order valence-corrected chi connectivity index (χ1v) is 12.8. The number of carbonyl (C=O) groups is 1. The van der Waals surface area contributed by atoms with Gasteiger partial charge >= 0.3 is 0 Å². The van der Waals surface area contributed by atoms with E-state index < -0.39 is 5.56 Å². The van der Waals surface area contributed by atoms with Crippen LogP contribution in [0, 0.1) is 12.7 Å². The lowest BCUT2D eigenvalue weighted by Gasteiger charge is -2.15.